The van der Waals surface area contributed by atoms with Crippen molar-refractivity contribution in [2.45, 2.75) is 31.1 Å². The van der Waals surface area contributed by atoms with Gasteiger partial charge in [-0.2, -0.15) is 17.5 Å². The van der Waals surface area contributed by atoms with Gasteiger partial charge >= 0.3 is 6.18 Å². The molecule has 0 bridgehead atoms. The molecule has 172 valence electrons. The molecule has 2 heterocycles. The maximum Gasteiger partial charge on any atom is 0.416 e. The second-order valence-electron chi connectivity index (χ2n) is 7.59. The molecule has 2 aromatic heterocycles. The number of fused-ring (bicyclic) bond motifs is 1. The number of aromatic amines is 1. The van der Waals surface area contributed by atoms with E-state index in [1.807, 2.05) is 13.0 Å². The number of rotatable bonds is 6. The highest BCUT2D eigenvalue weighted by Crippen LogP contribution is 2.31. The first-order chi connectivity index (χ1) is 15.5. The number of aromatic nitrogens is 1. The van der Waals surface area contributed by atoms with Gasteiger partial charge in [-0.25, -0.2) is 8.42 Å². The molecule has 0 spiro atoms. The molecule has 0 saturated carbocycles. The quantitative estimate of drug-likeness (QED) is 0.432. The molecule has 6 nitrogen and oxygen atoms in total. The van der Waals surface area contributed by atoms with Crippen LogP contribution in [0.4, 0.5) is 13.2 Å². The Bertz CT molecular complexity index is 1460. The summed E-state index contributed by atoms with van der Waals surface area (Å²) in [6, 6.07) is 13.6. The van der Waals surface area contributed by atoms with Crippen LogP contribution in [0, 0.1) is 6.92 Å². The van der Waals surface area contributed by atoms with E-state index < -0.39 is 32.2 Å². The highest BCUT2D eigenvalue weighted by Gasteiger charge is 2.33. The fourth-order valence-electron chi connectivity index (χ4n) is 3.45. The second-order valence-corrected chi connectivity index (χ2v) is 9.53. The summed E-state index contributed by atoms with van der Waals surface area (Å²) in [5.41, 5.74) is 0.116. The van der Waals surface area contributed by atoms with E-state index in [4.69, 9.17) is 4.42 Å². The molecule has 0 aliphatic heterocycles. The lowest BCUT2D eigenvalue weighted by Gasteiger charge is -2.22. The number of hydrogen-bond donors (Lipinski definition) is 1. The summed E-state index contributed by atoms with van der Waals surface area (Å²) in [6.45, 7) is 1.24. The second kappa shape index (κ2) is 8.53. The van der Waals surface area contributed by atoms with Crippen LogP contribution in [0.2, 0.25) is 0 Å². The van der Waals surface area contributed by atoms with Gasteiger partial charge < -0.3 is 9.40 Å². The van der Waals surface area contributed by atoms with Gasteiger partial charge in [-0.3, -0.25) is 4.79 Å². The largest absolute Gasteiger partial charge is 0.468 e. The lowest BCUT2D eigenvalue weighted by Crippen LogP contribution is -2.32. The number of furan rings is 1. The molecule has 0 saturated heterocycles. The first kappa shape index (κ1) is 22.8. The van der Waals surface area contributed by atoms with E-state index in [0.717, 1.165) is 28.1 Å². The number of H-pyrrole nitrogens is 1. The summed E-state index contributed by atoms with van der Waals surface area (Å²) < 4.78 is 72.4. The fraction of sp³-hybridized carbons (Fsp3) is 0.174. The average Bonchev–Trinajstić information content (AvgIpc) is 3.26. The molecule has 0 radical (unpaired) electrons. The minimum atomic E-state index is -4.70. The average molecular weight is 476 g/mol. The number of aryl methyl sites for hydroxylation is 1. The van der Waals surface area contributed by atoms with Crippen molar-refractivity contribution in [3.05, 3.63) is 99.7 Å². The van der Waals surface area contributed by atoms with Crippen LogP contribution >= 0.6 is 0 Å². The van der Waals surface area contributed by atoms with Crippen molar-refractivity contribution in [3.63, 3.8) is 0 Å². The van der Waals surface area contributed by atoms with Gasteiger partial charge in [0.05, 0.1) is 23.3 Å². The predicted octanol–water partition coefficient (Wildman–Crippen LogP) is 4.84. The predicted molar refractivity (Wildman–Crippen MR) is 116 cm³/mol. The van der Waals surface area contributed by atoms with E-state index in [1.165, 1.54) is 6.26 Å². The van der Waals surface area contributed by atoms with Crippen molar-refractivity contribution >= 4 is 20.9 Å². The van der Waals surface area contributed by atoms with Crippen molar-refractivity contribution in [1.82, 2.24) is 9.29 Å². The van der Waals surface area contributed by atoms with Crippen LogP contribution in [0.3, 0.4) is 0 Å². The number of sulfonamides is 1. The van der Waals surface area contributed by atoms with Crippen LogP contribution in [0.15, 0.2) is 81.0 Å². The van der Waals surface area contributed by atoms with Crippen molar-refractivity contribution in [2.24, 2.45) is 0 Å². The Hall–Kier alpha value is -3.37. The molecule has 0 aliphatic rings. The van der Waals surface area contributed by atoms with Gasteiger partial charge in [0, 0.05) is 17.6 Å². The van der Waals surface area contributed by atoms with Crippen molar-refractivity contribution in [2.75, 3.05) is 0 Å². The molecule has 2 aromatic carbocycles. The van der Waals surface area contributed by atoms with Crippen LogP contribution in [0.5, 0.6) is 0 Å². The van der Waals surface area contributed by atoms with Crippen LogP contribution in [-0.4, -0.2) is 17.7 Å². The van der Waals surface area contributed by atoms with Gasteiger partial charge in [-0.05, 0) is 60.3 Å². The molecule has 4 rings (SSSR count). The van der Waals surface area contributed by atoms with Crippen LogP contribution < -0.4 is 5.56 Å². The van der Waals surface area contributed by atoms with E-state index in [0.29, 0.717) is 17.0 Å². The molecule has 0 atom stereocenters. The zero-order valence-corrected chi connectivity index (χ0v) is 18.2. The van der Waals surface area contributed by atoms with Gasteiger partial charge in [-0.1, -0.05) is 18.2 Å². The molecule has 0 amide bonds. The van der Waals surface area contributed by atoms with Crippen molar-refractivity contribution in [3.8, 4) is 0 Å². The number of nitrogens with one attached hydrogen (secondary N) is 1. The van der Waals surface area contributed by atoms with Crippen molar-refractivity contribution in [1.29, 1.82) is 0 Å². The Morgan fingerprint density at radius 1 is 1.00 bits per heavy atom. The number of pyridine rings is 1. The third kappa shape index (κ3) is 4.86. The topological polar surface area (TPSA) is 83.4 Å². The molecule has 0 fully saturated rings. The third-order valence-electron chi connectivity index (χ3n) is 5.14. The van der Waals surface area contributed by atoms with E-state index in [9.17, 15) is 26.4 Å². The number of halogens is 3. The normalized spacial score (nSPS) is 12.5. The summed E-state index contributed by atoms with van der Waals surface area (Å²) in [6.07, 6.45) is -3.35. The molecule has 1 N–H and O–H groups in total. The minimum Gasteiger partial charge on any atom is -0.468 e. The Morgan fingerprint density at radius 2 is 1.79 bits per heavy atom. The Balaban J connectivity index is 1.78. The maximum atomic E-state index is 13.4. The maximum absolute atomic E-state index is 13.4. The fourth-order valence-corrected chi connectivity index (χ4v) is 4.88. The highest BCUT2D eigenvalue weighted by atomic mass is 32.2. The number of alkyl halides is 3. The molecule has 10 heteroatoms. The third-order valence-corrected chi connectivity index (χ3v) is 6.92. The zero-order valence-electron chi connectivity index (χ0n) is 17.4. The lowest BCUT2D eigenvalue weighted by molar-refractivity contribution is -0.137. The standard InChI is InChI=1S/C23H19F3N2O4S/c1-15-7-8-16-11-17(22(29)27-21(16)10-15)13-28(14-19-5-3-9-32-19)33(30,31)20-6-2-4-18(12-20)23(24,25)26/h2-12H,13-14H2,1H3,(H,27,29). The lowest BCUT2D eigenvalue weighted by atomic mass is 10.1. The smallest absolute Gasteiger partial charge is 0.416 e. The molecule has 33 heavy (non-hydrogen) atoms. The number of hydrogen-bond acceptors (Lipinski definition) is 4. The summed E-state index contributed by atoms with van der Waals surface area (Å²) in [4.78, 5) is 14.9. The number of nitrogens with zero attached hydrogens (tertiary/aromatic N) is 1. The van der Waals surface area contributed by atoms with Crippen LogP contribution in [0.25, 0.3) is 10.9 Å². The Morgan fingerprint density at radius 3 is 2.48 bits per heavy atom. The minimum absolute atomic E-state index is 0.147. The highest BCUT2D eigenvalue weighted by molar-refractivity contribution is 7.89. The van der Waals surface area contributed by atoms with E-state index >= 15 is 0 Å². The summed E-state index contributed by atoms with van der Waals surface area (Å²) in [5.74, 6) is 0.276. The SMILES string of the molecule is Cc1ccc2cc(CN(Cc3ccco3)S(=O)(=O)c3cccc(C(F)(F)F)c3)c(=O)[nH]c2c1. The van der Waals surface area contributed by atoms with Gasteiger partial charge in [0.1, 0.15) is 5.76 Å². The molecular weight excluding hydrogens is 457 g/mol. The van der Waals surface area contributed by atoms with Crippen molar-refractivity contribution < 1.29 is 26.0 Å². The van der Waals surface area contributed by atoms with E-state index in [2.05, 4.69) is 4.98 Å². The first-order valence-corrected chi connectivity index (χ1v) is 11.3. The van der Waals surface area contributed by atoms with Crippen LogP contribution in [0.1, 0.15) is 22.5 Å². The molecule has 0 aliphatic carbocycles. The zero-order chi connectivity index (χ0) is 23.8. The van der Waals surface area contributed by atoms with Gasteiger partial charge in [0.25, 0.3) is 5.56 Å². The summed E-state index contributed by atoms with van der Waals surface area (Å²) >= 11 is 0. The van der Waals surface area contributed by atoms with Gasteiger partial charge in [0.15, 0.2) is 0 Å². The monoisotopic (exact) mass is 476 g/mol. The Labute approximate surface area is 187 Å². The summed E-state index contributed by atoms with van der Waals surface area (Å²) in [5, 5.41) is 0.699. The Kier molecular flexibility index (Phi) is 5.89. The summed E-state index contributed by atoms with van der Waals surface area (Å²) in [7, 11) is -4.41. The molecule has 4 aromatic rings. The molecular formula is C23H19F3N2O4S. The number of benzene rings is 2. The first-order valence-electron chi connectivity index (χ1n) is 9.86. The van der Waals surface area contributed by atoms with E-state index in [-0.39, 0.29) is 24.4 Å². The molecule has 0 unspecified atom stereocenters. The van der Waals surface area contributed by atoms with Gasteiger partial charge in [0.2, 0.25) is 10.0 Å². The van der Waals surface area contributed by atoms with E-state index in [1.54, 1.807) is 30.3 Å². The van der Waals surface area contributed by atoms with Crippen LogP contribution in [-0.2, 0) is 29.3 Å². The van der Waals surface area contributed by atoms with Gasteiger partial charge in [-0.15, -0.1) is 0 Å².